The van der Waals surface area contributed by atoms with Crippen molar-refractivity contribution in [1.82, 2.24) is 10.2 Å². The lowest BCUT2D eigenvalue weighted by Gasteiger charge is -2.28. The van der Waals surface area contributed by atoms with Crippen molar-refractivity contribution < 1.29 is 19.8 Å². The van der Waals surface area contributed by atoms with Gasteiger partial charge in [0.25, 0.3) is 0 Å². The summed E-state index contributed by atoms with van der Waals surface area (Å²) in [7, 11) is 0. The van der Waals surface area contributed by atoms with Gasteiger partial charge in [-0.15, -0.1) is 0 Å². The van der Waals surface area contributed by atoms with Crippen LogP contribution in [0.5, 0.6) is 5.75 Å². The molecule has 0 spiro atoms. The van der Waals surface area contributed by atoms with Crippen LogP contribution in [0.3, 0.4) is 0 Å². The average molecular weight is 292 g/mol. The van der Waals surface area contributed by atoms with Crippen LogP contribution < -0.4 is 5.32 Å². The Hall–Kier alpha value is -2.24. The zero-order valence-corrected chi connectivity index (χ0v) is 11.8. The van der Waals surface area contributed by atoms with Crippen molar-refractivity contribution in [1.29, 1.82) is 0 Å². The van der Waals surface area contributed by atoms with Crippen LogP contribution in [0.4, 0.5) is 4.79 Å². The molecule has 1 heterocycles. The number of benzene rings is 1. The molecule has 2 amide bonds. The summed E-state index contributed by atoms with van der Waals surface area (Å²) in [6, 6.07) is 5.02. The minimum absolute atomic E-state index is 0.128. The summed E-state index contributed by atoms with van der Waals surface area (Å²) >= 11 is 0. The van der Waals surface area contributed by atoms with E-state index < -0.39 is 12.0 Å². The Kier molecular flexibility index (Phi) is 5.03. The molecule has 6 nitrogen and oxygen atoms in total. The molecule has 114 valence electrons. The Morgan fingerprint density at radius 1 is 1.14 bits per heavy atom. The van der Waals surface area contributed by atoms with Gasteiger partial charge in [-0.05, 0) is 37.0 Å². The van der Waals surface area contributed by atoms with Gasteiger partial charge in [0.05, 0.1) is 0 Å². The summed E-state index contributed by atoms with van der Waals surface area (Å²) < 4.78 is 0. The van der Waals surface area contributed by atoms with Crippen LogP contribution in [-0.4, -0.2) is 46.2 Å². The highest BCUT2D eigenvalue weighted by atomic mass is 16.4. The zero-order valence-electron chi connectivity index (χ0n) is 11.8. The van der Waals surface area contributed by atoms with Crippen LogP contribution in [0.25, 0.3) is 0 Å². The van der Waals surface area contributed by atoms with Gasteiger partial charge in [-0.3, -0.25) is 0 Å². The number of carbonyl (C=O) groups excluding carboxylic acids is 1. The Morgan fingerprint density at radius 3 is 2.33 bits per heavy atom. The molecule has 1 fully saturated rings. The number of rotatable bonds is 4. The van der Waals surface area contributed by atoms with Gasteiger partial charge in [0.15, 0.2) is 0 Å². The van der Waals surface area contributed by atoms with Crippen molar-refractivity contribution >= 4 is 12.0 Å². The van der Waals surface area contributed by atoms with E-state index in [1.54, 1.807) is 17.0 Å². The van der Waals surface area contributed by atoms with Crippen molar-refractivity contribution in [3.63, 3.8) is 0 Å². The Bertz CT molecular complexity index is 495. The standard InChI is InChI=1S/C15H20N2O4/c18-12-6-4-11(5-7-12)10-13(14(19)20)16-15(21)17-8-2-1-3-9-17/h4-7,13,18H,1-3,8-10H2,(H,16,21)(H,19,20). The summed E-state index contributed by atoms with van der Waals surface area (Å²) in [6.45, 7) is 1.36. The first kappa shape index (κ1) is 15.2. The van der Waals surface area contributed by atoms with E-state index in [0.717, 1.165) is 24.8 Å². The largest absolute Gasteiger partial charge is 0.508 e. The Labute approximate surface area is 123 Å². The van der Waals surface area contributed by atoms with E-state index in [1.165, 1.54) is 12.1 Å². The van der Waals surface area contributed by atoms with Crippen LogP contribution in [-0.2, 0) is 11.2 Å². The first-order chi connectivity index (χ1) is 10.1. The van der Waals surface area contributed by atoms with Crippen LogP contribution in [0.2, 0.25) is 0 Å². The molecule has 0 saturated carbocycles. The number of carboxylic acid groups (broad SMARTS) is 1. The molecule has 3 N–H and O–H groups in total. The predicted molar refractivity (Wildman–Crippen MR) is 77.2 cm³/mol. The molecule has 1 atom stereocenters. The fraction of sp³-hybridized carbons (Fsp3) is 0.467. The highest BCUT2D eigenvalue weighted by Gasteiger charge is 2.24. The summed E-state index contributed by atoms with van der Waals surface area (Å²) in [5.74, 6) is -0.934. The molecular formula is C15H20N2O4. The normalized spacial score (nSPS) is 16.3. The maximum absolute atomic E-state index is 12.1. The highest BCUT2D eigenvalue weighted by molar-refractivity contribution is 5.82. The van der Waals surface area contributed by atoms with Gasteiger partial charge >= 0.3 is 12.0 Å². The number of piperidine rings is 1. The Balaban J connectivity index is 1.96. The smallest absolute Gasteiger partial charge is 0.326 e. The summed E-state index contributed by atoms with van der Waals surface area (Å²) in [4.78, 5) is 25.0. The molecule has 1 saturated heterocycles. The van der Waals surface area contributed by atoms with Crippen LogP contribution in [0.1, 0.15) is 24.8 Å². The third-order valence-corrected chi connectivity index (χ3v) is 3.62. The summed E-state index contributed by atoms with van der Waals surface area (Å²) in [5, 5.41) is 21.1. The SMILES string of the molecule is O=C(O)C(Cc1ccc(O)cc1)NC(=O)N1CCCCC1. The third kappa shape index (κ3) is 4.37. The minimum Gasteiger partial charge on any atom is -0.508 e. The van der Waals surface area contributed by atoms with Crippen molar-refractivity contribution in [2.75, 3.05) is 13.1 Å². The second-order valence-corrected chi connectivity index (χ2v) is 5.26. The molecule has 6 heteroatoms. The van der Waals surface area contributed by atoms with E-state index in [0.29, 0.717) is 13.1 Å². The number of nitrogens with zero attached hydrogens (tertiary/aromatic N) is 1. The number of carboxylic acids is 1. The van der Waals surface area contributed by atoms with Crippen molar-refractivity contribution in [3.8, 4) is 5.75 Å². The lowest BCUT2D eigenvalue weighted by molar-refractivity contribution is -0.139. The number of nitrogens with one attached hydrogen (secondary N) is 1. The van der Waals surface area contributed by atoms with E-state index in [1.807, 2.05) is 0 Å². The number of hydrogen-bond acceptors (Lipinski definition) is 3. The first-order valence-corrected chi connectivity index (χ1v) is 7.12. The monoisotopic (exact) mass is 292 g/mol. The van der Waals surface area contributed by atoms with Gasteiger partial charge in [0, 0.05) is 19.5 Å². The zero-order chi connectivity index (χ0) is 15.2. The molecule has 1 aliphatic heterocycles. The van der Waals surface area contributed by atoms with Gasteiger partial charge in [0.2, 0.25) is 0 Å². The van der Waals surface area contributed by atoms with E-state index in [9.17, 15) is 19.8 Å². The molecule has 1 aliphatic rings. The summed E-state index contributed by atoms with van der Waals surface area (Å²) in [5.41, 5.74) is 0.749. The first-order valence-electron chi connectivity index (χ1n) is 7.12. The second-order valence-electron chi connectivity index (χ2n) is 5.26. The molecule has 0 bridgehead atoms. The predicted octanol–water partition coefficient (Wildman–Crippen LogP) is 1.58. The van der Waals surface area contributed by atoms with Crippen molar-refractivity contribution in [2.24, 2.45) is 0 Å². The lowest BCUT2D eigenvalue weighted by Crippen LogP contribution is -2.50. The maximum Gasteiger partial charge on any atom is 0.326 e. The fourth-order valence-corrected chi connectivity index (χ4v) is 2.41. The Morgan fingerprint density at radius 2 is 1.76 bits per heavy atom. The molecule has 0 aliphatic carbocycles. The molecule has 1 aromatic rings. The van der Waals surface area contributed by atoms with E-state index in [-0.39, 0.29) is 18.2 Å². The van der Waals surface area contributed by atoms with E-state index >= 15 is 0 Å². The third-order valence-electron chi connectivity index (χ3n) is 3.62. The van der Waals surface area contributed by atoms with Crippen molar-refractivity contribution in [3.05, 3.63) is 29.8 Å². The number of carbonyl (C=O) groups is 2. The number of hydrogen-bond donors (Lipinski definition) is 3. The average Bonchev–Trinajstić information content (AvgIpc) is 2.49. The number of phenols is 1. The van der Waals surface area contributed by atoms with E-state index in [4.69, 9.17) is 0 Å². The van der Waals surface area contributed by atoms with Gasteiger partial charge in [-0.25, -0.2) is 9.59 Å². The summed E-state index contributed by atoms with van der Waals surface area (Å²) in [6.07, 6.45) is 3.22. The van der Waals surface area contributed by atoms with Gasteiger partial charge < -0.3 is 20.4 Å². The van der Waals surface area contributed by atoms with Gasteiger partial charge in [0.1, 0.15) is 11.8 Å². The maximum atomic E-state index is 12.1. The van der Waals surface area contributed by atoms with Crippen LogP contribution in [0.15, 0.2) is 24.3 Å². The lowest BCUT2D eigenvalue weighted by atomic mass is 10.1. The molecule has 21 heavy (non-hydrogen) atoms. The number of aliphatic carboxylic acids is 1. The highest BCUT2D eigenvalue weighted by Crippen LogP contribution is 2.12. The van der Waals surface area contributed by atoms with Gasteiger partial charge in [-0.1, -0.05) is 12.1 Å². The van der Waals surface area contributed by atoms with Gasteiger partial charge in [-0.2, -0.15) is 0 Å². The second kappa shape index (κ2) is 6.97. The molecule has 0 aromatic heterocycles. The number of likely N-dealkylation sites (tertiary alicyclic amines) is 1. The number of amides is 2. The minimum atomic E-state index is -1.06. The molecular weight excluding hydrogens is 272 g/mol. The molecule has 0 radical (unpaired) electrons. The number of aromatic hydroxyl groups is 1. The fourth-order valence-electron chi connectivity index (χ4n) is 2.41. The van der Waals surface area contributed by atoms with Crippen LogP contribution >= 0.6 is 0 Å². The van der Waals surface area contributed by atoms with E-state index in [2.05, 4.69) is 5.32 Å². The molecule has 1 aromatic carbocycles. The number of urea groups is 1. The molecule has 2 rings (SSSR count). The molecule has 1 unspecified atom stereocenters. The quantitative estimate of drug-likeness (QED) is 0.786. The van der Waals surface area contributed by atoms with Crippen molar-refractivity contribution in [2.45, 2.75) is 31.7 Å². The topological polar surface area (TPSA) is 89.9 Å². The number of phenolic OH excluding ortho intramolecular Hbond substituents is 1. The van der Waals surface area contributed by atoms with Crippen LogP contribution in [0, 0.1) is 0 Å².